The number of amides is 1. The van der Waals surface area contributed by atoms with E-state index in [-0.39, 0.29) is 11.7 Å². The number of rotatable bonds is 7. The third kappa shape index (κ3) is 6.55. The number of sulfone groups is 1. The second kappa shape index (κ2) is 10.2. The molecule has 6 nitrogen and oxygen atoms in total. The van der Waals surface area contributed by atoms with Gasteiger partial charge < -0.3 is 4.90 Å². The molecule has 1 saturated heterocycles. The molecule has 0 saturated carbocycles. The van der Waals surface area contributed by atoms with Gasteiger partial charge in [0.15, 0.2) is 9.84 Å². The van der Waals surface area contributed by atoms with Crippen molar-refractivity contribution in [2.45, 2.75) is 5.75 Å². The number of benzene rings is 2. The first kappa shape index (κ1) is 21.8. The van der Waals surface area contributed by atoms with Crippen molar-refractivity contribution in [3.8, 4) is 6.07 Å². The lowest BCUT2D eigenvalue weighted by Crippen LogP contribution is -2.50. The highest BCUT2D eigenvalue weighted by atomic mass is 32.2. The van der Waals surface area contributed by atoms with Crippen LogP contribution in [0.2, 0.25) is 0 Å². The lowest BCUT2D eigenvalue weighted by Gasteiger charge is -2.34. The summed E-state index contributed by atoms with van der Waals surface area (Å²) in [5, 5.41) is 8.82. The molecule has 0 N–H and O–H groups in total. The lowest BCUT2D eigenvalue weighted by molar-refractivity contribution is -0.130. The quantitative estimate of drug-likeness (QED) is 0.683. The summed E-state index contributed by atoms with van der Waals surface area (Å²) in [4.78, 5) is 16.4. The highest BCUT2D eigenvalue weighted by Crippen LogP contribution is 2.11. The van der Waals surface area contributed by atoms with Crippen molar-refractivity contribution >= 4 is 21.8 Å². The van der Waals surface area contributed by atoms with Gasteiger partial charge in [-0.25, -0.2) is 8.42 Å². The predicted octanol–water partition coefficient (Wildman–Crippen LogP) is 2.33. The fourth-order valence-electron chi connectivity index (χ4n) is 3.34. The van der Waals surface area contributed by atoms with Gasteiger partial charge in [-0.3, -0.25) is 9.69 Å². The van der Waals surface area contributed by atoms with Crippen LogP contribution in [-0.4, -0.2) is 62.6 Å². The normalized spacial score (nSPS) is 15.2. The Morgan fingerprint density at radius 2 is 1.67 bits per heavy atom. The van der Waals surface area contributed by atoms with Crippen LogP contribution in [0.15, 0.2) is 60.7 Å². The zero-order valence-electron chi connectivity index (χ0n) is 16.8. The van der Waals surface area contributed by atoms with E-state index < -0.39 is 15.6 Å². The number of carbonyl (C=O) groups is 1. The molecular formula is C23H25N3O3S. The van der Waals surface area contributed by atoms with Gasteiger partial charge in [-0.05, 0) is 23.3 Å². The Hall–Kier alpha value is -2.95. The van der Waals surface area contributed by atoms with Crippen molar-refractivity contribution in [1.29, 1.82) is 5.26 Å². The van der Waals surface area contributed by atoms with Crippen LogP contribution in [0, 0.1) is 11.3 Å². The third-order valence-electron chi connectivity index (χ3n) is 5.01. The summed E-state index contributed by atoms with van der Waals surface area (Å²) in [7, 11) is -3.56. The smallest absolute Gasteiger partial charge is 0.237 e. The molecule has 3 rings (SSSR count). The summed E-state index contributed by atoms with van der Waals surface area (Å²) in [6.07, 6.45) is 4.18. The molecule has 1 aliphatic rings. The van der Waals surface area contributed by atoms with E-state index in [1.165, 1.54) is 0 Å². The van der Waals surface area contributed by atoms with Crippen LogP contribution in [0.25, 0.3) is 6.08 Å². The Bertz CT molecular complexity index is 1020. The van der Waals surface area contributed by atoms with Crippen LogP contribution in [0.5, 0.6) is 0 Å². The second-order valence-electron chi connectivity index (χ2n) is 7.34. The third-order valence-corrected chi connectivity index (χ3v) is 6.47. The molecule has 1 amide bonds. The summed E-state index contributed by atoms with van der Waals surface area (Å²) in [6.45, 7) is 3.31. The van der Waals surface area contributed by atoms with Gasteiger partial charge in [0, 0.05) is 32.7 Å². The highest BCUT2D eigenvalue weighted by Gasteiger charge is 2.25. The maximum atomic E-state index is 12.5. The molecule has 0 unspecified atom stereocenters. The van der Waals surface area contributed by atoms with Gasteiger partial charge in [-0.2, -0.15) is 5.26 Å². The Labute approximate surface area is 178 Å². The molecule has 2 aromatic carbocycles. The Balaban J connectivity index is 1.45. The fraction of sp³-hybridized carbons (Fsp3) is 0.304. The first-order valence-electron chi connectivity index (χ1n) is 9.86. The van der Waals surface area contributed by atoms with Crippen LogP contribution in [-0.2, 0) is 20.4 Å². The molecule has 0 aliphatic carbocycles. The number of nitriles is 1. The number of piperazine rings is 1. The van der Waals surface area contributed by atoms with E-state index in [1.54, 1.807) is 29.2 Å². The van der Waals surface area contributed by atoms with E-state index >= 15 is 0 Å². The average molecular weight is 424 g/mol. The topological polar surface area (TPSA) is 81.5 Å². The number of hydrogen-bond acceptors (Lipinski definition) is 5. The Morgan fingerprint density at radius 3 is 2.30 bits per heavy atom. The van der Waals surface area contributed by atoms with E-state index in [0.29, 0.717) is 24.2 Å². The molecule has 0 radical (unpaired) electrons. The van der Waals surface area contributed by atoms with Crippen LogP contribution < -0.4 is 0 Å². The molecule has 30 heavy (non-hydrogen) atoms. The minimum Gasteiger partial charge on any atom is -0.339 e. The Morgan fingerprint density at radius 1 is 1.00 bits per heavy atom. The molecule has 1 fully saturated rings. The lowest BCUT2D eigenvalue weighted by atomic mass is 10.2. The minimum atomic E-state index is -3.56. The van der Waals surface area contributed by atoms with Crippen molar-refractivity contribution in [2.24, 2.45) is 0 Å². The first-order valence-corrected chi connectivity index (χ1v) is 11.7. The van der Waals surface area contributed by atoms with Gasteiger partial charge in [-0.15, -0.1) is 0 Å². The van der Waals surface area contributed by atoms with E-state index in [4.69, 9.17) is 5.26 Å². The van der Waals surface area contributed by atoms with Crippen molar-refractivity contribution in [3.05, 3.63) is 77.4 Å². The number of carbonyl (C=O) groups excluding carboxylic acids is 1. The van der Waals surface area contributed by atoms with Gasteiger partial charge in [0.1, 0.15) is 5.75 Å². The van der Waals surface area contributed by atoms with E-state index in [9.17, 15) is 13.2 Å². The minimum absolute atomic E-state index is 0.200. The van der Waals surface area contributed by atoms with Crippen LogP contribution in [0.4, 0.5) is 0 Å². The summed E-state index contributed by atoms with van der Waals surface area (Å²) in [5.41, 5.74) is 2.21. The molecule has 1 aliphatic heterocycles. The summed E-state index contributed by atoms with van der Waals surface area (Å²) < 4.78 is 24.8. The molecule has 0 bridgehead atoms. The maximum Gasteiger partial charge on any atom is 0.237 e. The second-order valence-corrected chi connectivity index (χ2v) is 9.40. The van der Waals surface area contributed by atoms with E-state index in [1.807, 2.05) is 36.4 Å². The molecule has 2 aromatic rings. The molecule has 0 aromatic heterocycles. The monoisotopic (exact) mass is 423 g/mol. The molecule has 0 spiro atoms. The Kier molecular flexibility index (Phi) is 7.39. The highest BCUT2D eigenvalue weighted by molar-refractivity contribution is 7.91. The first-order chi connectivity index (χ1) is 14.4. The van der Waals surface area contributed by atoms with Gasteiger partial charge in [-0.1, -0.05) is 54.6 Å². The zero-order valence-corrected chi connectivity index (χ0v) is 17.6. The van der Waals surface area contributed by atoms with Gasteiger partial charge in [0.2, 0.25) is 5.91 Å². The van der Waals surface area contributed by atoms with Gasteiger partial charge >= 0.3 is 0 Å². The van der Waals surface area contributed by atoms with Crippen molar-refractivity contribution in [3.63, 3.8) is 0 Å². The van der Waals surface area contributed by atoms with E-state index in [0.717, 1.165) is 25.2 Å². The summed E-state index contributed by atoms with van der Waals surface area (Å²) in [6, 6.07) is 18.5. The SMILES string of the molecule is N#Cc1ccc(CS(=O)(=O)CC(=O)N2CCN(C/C=C/c3ccccc3)CC2)cc1. The maximum absolute atomic E-state index is 12.5. The zero-order chi connectivity index (χ0) is 21.4. The summed E-state index contributed by atoms with van der Waals surface area (Å²) >= 11 is 0. The standard InChI is InChI=1S/C23H25N3O3S/c24-17-21-8-10-22(11-9-21)18-30(28,29)19-23(27)26-15-13-25(14-16-26)12-4-7-20-5-2-1-3-6-20/h1-11H,12-16,18-19H2/b7-4+. The largest absolute Gasteiger partial charge is 0.339 e. The number of hydrogen-bond donors (Lipinski definition) is 0. The van der Waals surface area contributed by atoms with Gasteiger partial charge in [0.25, 0.3) is 0 Å². The molecule has 156 valence electrons. The van der Waals surface area contributed by atoms with Crippen LogP contribution >= 0.6 is 0 Å². The van der Waals surface area contributed by atoms with Gasteiger partial charge in [0.05, 0.1) is 17.4 Å². The van der Waals surface area contributed by atoms with Crippen molar-refractivity contribution < 1.29 is 13.2 Å². The van der Waals surface area contributed by atoms with Crippen molar-refractivity contribution in [1.82, 2.24) is 9.80 Å². The van der Waals surface area contributed by atoms with Crippen molar-refractivity contribution in [2.75, 3.05) is 38.5 Å². The average Bonchev–Trinajstić information content (AvgIpc) is 2.75. The molecule has 7 heteroatoms. The number of nitrogens with zero attached hydrogens (tertiary/aromatic N) is 3. The van der Waals surface area contributed by atoms with E-state index in [2.05, 4.69) is 17.1 Å². The molecular weight excluding hydrogens is 398 g/mol. The summed E-state index contributed by atoms with van der Waals surface area (Å²) in [5.74, 6) is -1.03. The van der Waals surface area contributed by atoms with Crippen LogP contribution in [0.3, 0.4) is 0 Å². The molecule has 0 atom stereocenters. The van der Waals surface area contributed by atoms with Crippen LogP contribution in [0.1, 0.15) is 16.7 Å². The predicted molar refractivity (Wildman–Crippen MR) is 117 cm³/mol. The fourth-order valence-corrected chi connectivity index (χ4v) is 4.70. The molecule has 1 heterocycles.